The molecule has 0 atom stereocenters. The van der Waals surface area contributed by atoms with Crippen molar-refractivity contribution < 1.29 is 13.9 Å². The van der Waals surface area contributed by atoms with Crippen molar-refractivity contribution in [2.24, 2.45) is 0 Å². The minimum atomic E-state index is -0.483. The zero-order valence-corrected chi connectivity index (χ0v) is 13.9. The highest BCUT2D eigenvalue weighted by Gasteiger charge is 2.19. The first-order chi connectivity index (χ1) is 12.7. The van der Waals surface area contributed by atoms with Gasteiger partial charge in [-0.25, -0.2) is 19.0 Å². The van der Waals surface area contributed by atoms with E-state index in [0.717, 1.165) is 24.3 Å². The van der Waals surface area contributed by atoms with E-state index >= 15 is 0 Å². The van der Waals surface area contributed by atoms with Crippen LogP contribution in [0.15, 0.2) is 36.8 Å². The molecule has 1 fully saturated rings. The maximum atomic E-state index is 13.7. The van der Waals surface area contributed by atoms with Crippen LogP contribution in [0, 0.1) is 5.82 Å². The van der Waals surface area contributed by atoms with Crippen LogP contribution in [-0.4, -0.2) is 52.0 Å². The summed E-state index contributed by atoms with van der Waals surface area (Å²) in [5.41, 5.74) is 0.697. The lowest BCUT2D eigenvalue weighted by Gasteiger charge is -2.27. The summed E-state index contributed by atoms with van der Waals surface area (Å²) in [6.45, 7) is 2.70. The number of para-hydroxylation sites is 1. The first-order valence-corrected chi connectivity index (χ1v) is 8.26. The number of hydrogen-bond acceptors (Lipinski definition) is 6. The van der Waals surface area contributed by atoms with Crippen molar-refractivity contribution in [2.75, 3.05) is 36.5 Å². The van der Waals surface area contributed by atoms with Gasteiger partial charge in [0.1, 0.15) is 24.5 Å². The van der Waals surface area contributed by atoms with Gasteiger partial charge in [-0.05, 0) is 12.1 Å². The SMILES string of the molecule is O=C(Cn1ncc2c(N3CCOCC3)ncnc21)Nc1ccccc1F. The molecule has 26 heavy (non-hydrogen) atoms. The van der Waals surface area contributed by atoms with E-state index in [2.05, 4.69) is 25.3 Å². The maximum Gasteiger partial charge on any atom is 0.246 e. The Morgan fingerprint density at radius 1 is 1.23 bits per heavy atom. The summed E-state index contributed by atoms with van der Waals surface area (Å²) >= 11 is 0. The van der Waals surface area contributed by atoms with E-state index < -0.39 is 5.82 Å². The number of hydrogen-bond donors (Lipinski definition) is 1. The van der Waals surface area contributed by atoms with Crippen LogP contribution in [0.1, 0.15) is 0 Å². The molecule has 3 aromatic rings. The third-order valence-electron chi connectivity index (χ3n) is 4.16. The Hall–Kier alpha value is -3.07. The number of amides is 1. The van der Waals surface area contributed by atoms with E-state index in [1.807, 2.05) is 0 Å². The Morgan fingerprint density at radius 3 is 2.85 bits per heavy atom. The molecule has 2 aromatic heterocycles. The third kappa shape index (κ3) is 3.21. The largest absolute Gasteiger partial charge is 0.378 e. The average molecular weight is 356 g/mol. The second kappa shape index (κ2) is 7.04. The van der Waals surface area contributed by atoms with Gasteiger partial charge < -0.3 is 15.0 Å². The van der Waals surface area contributed by atoms with Crippen LogP contribution in [0.4, 0.5) is 15.9 Å². The van der Waals surface area contributed by atoms with Crippen LogP contribution in [0.3, 0.4) is 0 Å². The minimum absolute atomic E-state index is 0.0720. The topological polar surface area (TPSA) is 85.2 Å². The van der Waals surface area contributed by atoms with Crippen LogP contribution in [0.25, 0.3) is 11.0 Å². The average Bonchev–Trinajstić information content (AvgIpc) is 3.07. The van der Waals surface area contributed by atoms with Crippen molar-refractivity contribution in [1.82, 2.24) is 19.7 Å². The highest BCUT2D eigenvalue weighted by atomic mass is 19.1. The second-order valence-corrected chi connectivity index (χ2v) is 5.86. The van der Waals surface area contributed by atoms with E-state index in [4.69, 9.17) is 4.74 Å². The van der Waals surface area contributed by atoms with Gasteiger partial charge in [-0.3, -0.25) is 4.79 Å². The molecule has 1 amide bonds. The van der Waals surface area contributed by atoms with Crippen LogP contribution in [0.2, 0.25) is 0 Å². The number of nitrogens with one attached hydrogen (secondary N) is 1. The molecule has 9 heteroatoms. The van der Waals surface area contributed by atoms with Crippen LogP contribution in [-0.2, 0) is 16.1 Å². The Bertz CT molecular complexity index is 938. The first kappa shape index (κ1) is 16.4. The number of benzene rings is 1. The van der Waals surface area contributed by atoms with Gasteiger partial charge >= 0.3 is 0 Å². The molecule has 8 nitrogen and oxygen atoms in total. The van der Waals surface area contributed by atoms with Gasteiger partial charge in [0.25, 0.3) is 0 Å². The molecule has 1 aromatic carbocycles. The third-order valence-corrected chi connectivity index (χ3v) is 4.16. The van der Waals surface area contributed by atoms with E-state index in [0.29, 0.717) is 18.9 Å². The predicted molar refractivity (Wildman–Crippen MR) is 93.4 cm³/mol. The van der Waals surface area contributed by atoms with Crippen molar-refractivity contribution in [2.45, 2.75) is 6.54 Å². The quantitative estimate of drug-likeness (QED) is 0.761. The smallest absolute Gasteiger partial charge is 0.246 e. The number of morpholine rings is 1. The summed E-state index contributed by atoms with van der Waals surface area (Å²) in [5.74, 6) is -0.0891. The molecule has 0 bridgehead atoms. The number of anilines is 2. The van der Waals surface area contributed by atoms with Gasteiger partial charge in [0.05, 0.1) is 30.5 Å². The number of carbonyl (C=O) groups excluding carboxylic acids is 1. The molecule has 0 saturated carbocycles. The fourth-order valence-corrected chi connectivity index (χ4v) is 2.91. The molecule has 1 aliphatic rings. The molecule has 0 unspecified atom stereocenters. The highest BCUT2D eigenvalue weighted by molar-refractivity contribution is 5.92. The minimum Gasteiger partial charge on any atom is -0.378 e. The number of fused-ring (bicyclic) bond motifs is 1. The van der Waals surface area contributed by atoms with E-state index in [9.17, 15) is 9.18 Å². The zero-order valence-electron chi connectivity index (χ0n) is 13.9. The Labute approximate surface area is 148 Å². The van der Waals surface area contributed by atoms with Crippen molar-refractivity contribution in [3.05, 3.63) is 42.6 Å². The number of nitrogens with zero attached hydrogens (tertiary/aromatic N) is 5. The van der Waals surface area contributed by atoms with Crippen LogP contribution < -0.4 is 10.2 Å². The summed E-state index contributed by atoms with van der Waals surface area (Å²) in [6, 6.07) is 6.02. The molecule has 3 heterocycles. The summed E-state index contributed by atoms with van der Waals surface area (Å²) in [5, 5.41) is 7.57. The summed E-state index contributed by atoms with van der Waals surface area (Å²) < 4.78 is 20.5. The van der Waals surface area contributed by atoms with Gasteiger partial charge in [-0.2, -0.15) is 5.10 Å². The van der Waals surface area contributed by atoms with Crippen molar-refractivity contribution in [1.29, 1.82) is 0 Å². The van der Waals surface area contributed by atoms with Gasteiger partial charge in [-0.1, -0.05) is 12.1 Å². The van der Waals surface area contributed by atoms with Crippen LogP contribution in [0.5, 0.6) is 0 Å². The van der Waals surface area contributed by atoms with Crippen molar-refractivity contribution in [3.63, 3.8) is 0 Å². The molecule has 0 radical (unpaired) electrons. The monoisotopic (exact) mass is 356 g/mol. The molecule has 134 valence electrons. The summed E-state index contributed by atoms with van der Waals surface area (Å²) in [7, 11) is 0. The first-order valence-electron chi connectivity index (χ1n) is 8.26. The summed E-state index contributed by atoms with van der Waals surface area (Å²) in [4.78, 5) is 23.0. The fourth-order valence-electron chi connectivity index (χ4n) is 2.91. The number of rotatable bonds is 4. The number of halogens is 1. The van der Waals surface area contributed by atoms with E-state index in [1.54, 1.807) is 18.3 Å². The highest BCUT2D eigenvalue weighted by Crippen LogP contribution is 2.23. The fraction of sp³-hybridized carbons (Fsp3) is 0.294. The molecular weight excluding hydrogens is 339 g/mol. The van der Waals surface area contributed by atoms with Gasteiger partial charge in [-0.15, -0.1) is 0 Å². The normalized spacial score (nSPS) is 14.6. The Morgan fingerprint density at radius 2 is 2.04 bits per heavy atom. The number of aromatic nitrogens is 4. The predicted octanol–water partition coefficient (Wildman–Crippen LogP) is 1.44. The Kier molecular flexibility index (Phi) is 4.44. The zero-order chi connectivity index (χ0) is 17.9. The number of ether oxygens (including phenoxy) is 1. The number of carbonyl (C=O) groups is 1. The lowest BCUT2D eigenvalue weighted by Crippen LogP contribution is -2.36. The van der Waals surface area contributed by atoms with Gasteiger partial charge in [0.2, 0.25) is 5.91 Å². The second-order valence-electron chi connectivity index (χ2n) is 5.86. The van der Waals surface area contributed by atoms with Crippen molar-refractivity contribution >= 4 is 28.4 Å². The van der Waals surface area contributed by atoms with Gasteiger partial charge in [0, 0.05) is 13.1 Å². The van der Waals surface area contributed by atoms with E-state index in [-0.39, 0.29) is 18.1 Å². The molecule has 1 saturated heterocycles. The molecule has 1 N–H and O–H groups in total. The molecule has 0 spiro atoms. The Balaban J connectivity index is 1.56. The standard InChI is InChI=1S/C17H17FN6O2/c18-13-3-1-2-4-14(13)22-15(25)10-24-17-12(9-21-24)16(19-11-20-17)23-5-7-26-8-6-23/h1-4,9,11H,5-8,10H2,(H,22,25). The van der Waals surface area contributed by atoms with Gasteiger partial charge in [0.15, 0.2) is 5.65 Å². The lowest BCUT2D eigenvalue weighted by molar-refractivity contribution is -0.116. The van der Waals surface area contributed by atoms with Crippen LogP contribution >= 0.6 is 0 Å². The molecule has 0 aliphatic carbocycles. The van der Waals surface area contributed by atoms with E-state index in [1.165, 1.54) is 23.1 Å². The maximum absolute atomic E-state index is 13.7. The lowest BCUT2D eigenvalue weighted by atomic mass is 10.3. The molecule has 4 rings (SSSR count). The molecular formula is C17H17FN6O2. The molecule has 1 aliphatic heterocycles. The van der Waals surface area contributed by atoms with Crippen molar-refractivity contribution in [3.8, 4) is 0 Å². The summed E-state index contributed by atoms with van der Waals surface area (Å²) in [6.07, 6.45) is 3.11.